The maximum atomic E-state index is 11.5. The SMILES string of the molecule is CN(C)C(=O)C(=CN)CC(C)(C)C. The molecule has 0 spiro atoms. The van der Waals surface area contributed by atoms with Crippen LogP contribution in [0.1, 0.15) is 27.2 Å². The molecule has 0 aromatic carbocycles. The number of likely N-dealkylation sites (N-methyl/N-ethyl adjacent to an activating group) is 1. The molecule has 0 aliphatic heterocycles. The molecule has 0 fully saturated rings. The molecule has 2 N–H and O–H groups in total. The van der Waals surface area contributed by atoms with E-state index < -0.39 is 0 Å². The van der Waals surface area contributed by atoms with Gasteiger partial charge in [0.05, 0.1) is 0 Å². The predicted molar refractivity (Wildman–Crippen MR) is 55.0 cm³/mol. The second-order valence-electron chi connectivity index (χ2n) is 4.63. The Hall–Kier alpha value is -0.990. The lowest BCUT2D eigenvalue weighted by molar-refractivity contribution is -0.125. The zero-order chi connectivity index (χ0) is 10.6. The van der Waals surface area contributed by atoms with Crippen LogP contribution in [0.25, 0.3) is 0 Å². The maximum absolute atomic E-state index is 11.5. The van der Waals surface area contributed by atoms with E-state index in [4.69, 9.17) is 5.73 Å². The van der Waals surface area contributed by atoms with Gasteiger partial charge >= 0.3 is 0 Å². The van der Waals surface area contributed by atoms with Crippen LogP contribution in [-0.2, 0) is 4.79 Å². The Morgan fingerprint density at radius 1 is 1.38 bits per heavy atom. The van der Waals surface area contributed by atoms with Crippen LogP contribution in [0, 0.1) is 5.41 Å². The molecule has 0 radical (unpaired) electrons. The molecule has 3 nitrogen and oxygen atoms in total. The Balaban J connectivity index is 4.48. The first-order valence-corrected chi connectivity index (χ1v) is 4.40. The van der Waals surface area contributed by atoms with Gasteiger partial charge in [0.25, 0.3) is 5.91 Å². The summed E-state index contributed by atoms with van der Waals surface area (Å²) in [6, 6.07) is 0. The molecule has 0 saturated carbocycles. The number of carbonyl (C=O) groups is 1. The van der Waals surface area contributed by atoms with Gasteiger partial charge in [-0.05, 0) is 11.8 Å². The number of rotatable bonds is 2. The van der Waals surface area contributed by atoms with Crippen LogP contribution in [0.3, 0.4) is 0 Å². The molecular weight excluding hydrogens is 164 g/mol. The van der Waals surface area contributed by atoms with Gasteiger partial charge in [-0.2, -0.15) is 0 Å². The summed E-state index contributed by atoms with van der Waals surface area (Å²) in [6.45, 7) is 6.25. The van der Waals surface area contributed by atoms with E-state index in [1.165, 1.54) is 6.20 Å². The fourth-order valence-electron chi connectivity index (χ4n) is 1.06. The number of nitrogens with zero attached hydrogens (tertiary/aromatic N) is 1. The molecule has 0 atom stereocenters. The molecule has 0 heterocycles. The highest BCUT2D eigenvalue weighted by Gasteiger charge is 2.18. The van der Waals surface area contributed by atoms with Crippen molar-refractivity contribution >= 4 is 5.91 Å². The van der Waals surface area contributed by atoms with E-state index in [1.807, 2.05) is 0 Å². The number of nitrogens with two attached hydrogens (primary N) is 1. The van der Waals surface area contributed by atoms with Crippen molar-refractivity contribution in [2.45, 2.75) is 27.2 Å². The lowest BCUT2D eigenvalue weighted by atomic mass is 9.88. The van der Waals surface area contributed by atoms with Gasteiger partial charge < -0.3 is 10.6 Å². The summed E-state index contributed by atoms with van der Waals surface area (Å²) < 4.78 is 0. The van der Waals surface area contributed by atoms with Crippen LogP contribution in [0.5, 0.6) is 0 Å². The van der Waals surface area contributed by atoms with Crippen molar-refractivity contribution in [3.63, 3.8) is 0 Å². The Morgan fingerprint density at radius 3 is 2.08 bits per heavy atom. The van der Waals surface area contributed by atoms with Gasteiger partial charge in [-0.15, -0.1) is 0 Å². The third kappa shape index (κ3) is 4.55. The van der Waals surface area contributed by atoms with E-state index >= 15 is 0 Å². The quantitative estimate of drug-likeness (QED) is 0.658. The zero-order valence-corrected chi connectivity index (χ0v) is 9.22. The molecule has 0 rings (SSSR count). The Kier molecular flexibility index (Phi) is 3.98. The van der Waals surface area contributed by atoms with E-state index in [-0.39, 0.29) is 11.3 Å². The number of carbonyl (C=O) groups excluding carboxylic acids is 1. The summed E-state index contributed by atoms with van der Waals surface area (Å²) in [5, 5.41) is 0. The molecule has 0 saturated heterocycles. The van der Waals surface area contributed by atoms with E-state index in [2.05, 4.69) is 20.8 Å². The first kappa shape index (κ1) is 12.0. The van der Waals surface area contributed by atoms with E-state index in [0.717, 1.165) is 0 Å². The zero-order valence-electron chi connectivity index (χ0n) is 9.22. The van der Waals surface area contributed by atoms with Crippen LogP contribution < -0.4 is 5.73 Å². The monoisotopic (exact) mass is 184 g/mol. The molecule has 0 aromatic rings. The van der Waals surface area contributed by atoms with Gasteiger partial charge in [0.2, 0.25) is 0 Å². The molecule has 76 valence electrons. The normalized spacial score (nSPS) is 12.8. The van der Waals surface area contributed by atoms with Crippen molar-refractivity contribution < 1.29 is 4.79 Å². The summed E-state index contributed by atoms with van der Waals surface area (Å²) in [5.41, 5.74) is 6.18. The smallest absolute Gasteiger partial charge is 0.250 e. The Bertz CT molecular complexity index is 211. The van der Waals surface area contributed by atoms with Crippen molar-refractivity contribution in [1.29, 1.82) is 0 Å². The lowest BCUT2D eigenvalue weighted by Gasteiger charge is -2.21. The van der Waals surface area contributed by atoms with Crippen molar-refractivity contribution in [3.8, 4) is 0 Å². The molecule has 1 amide bonds. The van der Waals surface area contributed by atoms with Crippen LogP contribution in [-0.4, -0.2) is 24.9 Å². The Labute approximate surface area is 80.6 Å². The topological polar surface area (TPSA) is 46.3 Å². The first-order chi connectivity index (χ1) is 5.78. The number of amides is 1. The minimum Gasteiger partial charge on any atom is -0.404 e. The third-order valence-electron chi connectivity index (χ3n) is 1.60. The molecule has 0 unspecified atom stereocenters. The average molecular weight is 184 g/mol. The molecule has 13 heavy (non-hydrogen) atoms. The lowest BCUT2D eigenvalue weighted by Crippen LogP contribution is -2.26. The van der Waals surface area contributed by atoms with Gasteiger partial charge in [0, 0.05) is 25.9 Å². The van der Waals surface area contributed by atoms with Crippen LogP contribution in [0.4, 0.5) is 0 Å². The molecule has 0 bridgehead atoms. The molecule has 0 aliphatic rings. The second-order valence-corrected chi connectivity index (χ2v) is 4.63. The predicted octanol–water partition coefficient (Wildman–Crippen LogP) is 1.35. The van der Waals surface area contributed by atoms with Crippen molar-refractivity contribution in [1.82, 2.24) is 4.90 Å². The molecule has 0 aliphatic carbocycles. The summed E-state index contributed by atoms with van der Waals surface area (Å²) in [5.74, 6) is -0.00238. The van der Waals surface area contributed by atoms with Crippen LogP contribution in [0.15, 0.2) is 11.8 Å². The molecule has 0 aromatic heterocycles. The standard InChI is InChI=1S/C10H20N2O/c1-10(2,3)6-8(7-11)9(13)12(4)5/h7H,6,11H2,1-5H3. The Morgan fingerprint density at radius 2 is 1.85 bits per heavy atom. The van der Waals surface area contributed by atoms with E-state index in [9.17, 15) is 4.79 Å². The fourth-order valence-corrected chi connectivity index (χ4v) is 1.06. The van der Waals surface area contributed by atoms with E-state index in [1.54, 1.807) is 19.0 Å². The summed E-state index contributed by atoms with van der Waals surface area (Å²) in [4.78, 5) is 13.1. The average Bonchev–Trinajstić information content (AvgIpc) is 1.97. The van der Waals surface area contributed by atoms with E-state index in [0.29, 0.717) is 12.0 Å². The minimum atomic E-state index is -0.00238. The van der Waals surface area contributed by atoms with Crippen molar-refractivity contribution in [2.24, 2.45) is 11.1 Å². The van der Waals surface area contributed by atoms with Gasteiger partial charge in [-0.1, -0.05) is 20.8 Å². The highest BCUT2D eigenvalue weighted by atomic mass is 16.2. The minimum absolute atomic E-state index is 0.00238. The van der Waals surface area contributed by atoms with Crippen LogP contribution >= 0.6 is 0 Å². The third-order valence-corrected chi connectivity index (χ3v) is 1.60. The summed E-state index contributed by atoms with van der Waals surface area (Å²) in [7, 11) is 3.46. The van der Waals surface area contributed by atoms with Gasteiger partial charge in [-0.3, -0.25) is 4.79 Å². The fraction of sp³-hybridized carbons (Fsp3) is 0.700. The first-order valence-electron chi connectivity index (χ1n) is 4.40. The van der Waals surface area contributed by atoms with Gasteiger partial charge in [0.1, 0.15) is 0 Å². The summed E-state index contributed by atoms with van der Waals surface area (Å²) >= 11 is 0. The van der Waals surface area contributed by atoms with Crippen molar-refractivity contribution in [2.75, 3.05) is 14.1 Å². The van der Waals surface area contributed by atoms with Crippen LogP contribution in [0.2, 0.25) is 0 Å². The molecule has 3 heteroatoms. The van der Waals surface area contributed by atoms with Gasteiger partial charge in [0.15, 0.2) is 0 Å². The van der Waals surface area contributed by atoms with Gasteiger partial charge in [-0.25, -0.2) is 0 Å². The van der Waals surface area contributed by atoms with Crippen molar-refractivity contribution in [3.05, 3.63) is 11.8 Å². The number of hydrogen-bond acceptors (Lipinski definition) is 2. The highest BCUT2D eigenvalue weighted by Crippen LogP contribution is 2.24. The summed E-state index contributed by atoms with van der Waals surface area (Å²) in [6.07, 6.45) is 2.12. The number of hydrogen-bond donors (Lipinski definition) is 1. The largest absolute Gasteiger partial charge is 0.404 e. The maximum Gasteiger partial charge on any atom is 0.250 e. The highest BCUT2D eigenvalue weighted by molar-refractivity contribution is 5.92. The second kappa shape index (κ2) is 4.30. The molecular formula is C10H20N2O.